The van der Waals surface area contributed by atoms with Gasteiger partial charge in [0.1, 0.15) is 5.01 Å². The van der Waals surface area contributed by atoms with Gasteiger partial charge in [-0.2, -0.15) is 0 Å². The number of carbonyl (C=O) groups is 1. The number of anilines is 1. The van der Waals surface area contributed by atoms with Crippen molar-refractivity contribution in [3.8, 4) is 0 Å². The summed E-state index contributed by atoms with van der Waals surface area (Å²) in [5.41, 5.74) is -0.163. The molecule has 6 heteroatoms. The third-order valence-corrected chi connectivity index (χ3v) is 5.91. The predicted molar refractivity (Wildman–Crippen MR) is 89.3 cm³/mol. The van der Waals surface area contributed by atoms with E-state index in [-0.39, 0.29) is 5.41 Å². The zero-order chi connectivity index (χ0) is 15.6. The molecule has 1 spiro atoms. The van der Waals surface area contributed by atoms with E-state index in [1.807, 2.05) is 0 Å². The quantitative estimate of drug-likeness (QED) is 0.836. The monoisotopic (exact) mass is 322 g/mol. The van der Waals surface area contributed by atoms with Gasteiger partial charge in [0.25, 0.3) is 0 Å². The summed E-state index contributed by atoms with van der Waals surface area (Å²) in [5, 5.41) is 10.7. The van der Waals surface area contributed by atoms with Gasteiger partial charge in [0.2, 0.25) is 11.0 Å². The lowest BCUT2D eigenvalue weighted by molar-refractivity contribution is -0.145. The molecule has 1 amide bonds. The molecule has 2 fully saturated rings. The minimum absolute atomic E-state index is 0.163. The molecule has 5 nitrogen and oxygen atoms in total. The average Bonchev–Trinajstić information content (AvgIpc) is 3.13. The normalized spacial score (nSPS) is 25.5. The van der Waals surface area contributed by atoms with Crippen molar-refractivity contribution in [2.45, 2.75) is 52.4 Å². The Bertz CT molecular complexity index is 530. The average molecular weight is 322 g/mol. The van der Waals surface area contributed by atoms with Gasteiger partial charge >= 0.3 is 0 Å². The fourth-order valence-electron chi connectivity index (χ4n) is 3.74. The third kappa shape index (κ3) is 2.85. The Kier molecular flexibility index (Phi) is 4.66. The SMILES string of the molecule is CCCc1nnc(N2CC[C@]3(CCCN(CCC)C3=O)C2)s1. The lowest BCUT2D eigenvalue weighted by Gasteiger charge is -2.39. The number of hydrogen-bond donors (Lipinski definition) is 0. The van der Waals surface area contributed by atoms with Crippen molar-refractivity contribution < 1.29 is 4.79 Å². The van der Waals surface area contributed by atoms with E-state index in [4.69, 9.17) is 0 Å². The van der Waals surface area contributed by atoms with E-state index in [0.717, 1.165) is 74.8 Å². The van der Waals surface area contributed by atoms with Crippen LogP contribution in [0.3, 0.4) is 0 Å². The van der Waals surface area contributed by atoms with Crippen molar-refractivity contribution in [3.63, 3.8) is 0 Å². The predicted octanol–water partition coefficient (Wildman–Crippen LogP) is 2.72. The summed E-state index contributed by atoms with van der Waals surface area (Å²) in [5.74, 6) is 0.376. The molecule has 0 aromatic carbocycles. The van der Waals surface area contributed by atoms with Crippen LogP contribution in [0.25, 0.3) is 0 Å². The number of piperidine rings is 1. The molecule has 3 rings (SSSR count). The standard InChI is InChI=1S/C16H26N4OS/c1-3-6-13-17-18-15(22-13)20-11-8-16(12-20)7-5-10-19(9-4-2)14(16)21/h3-12H2,1-2H3/t16-/m1/s1. The zero-order valence-electron chi connectivity index (χ0n) is 13.7. The molecule has 0 bridgehead atoms. The second-order valence-corrected chi connectivity index (χ2v) is 7.62. The van der Waals surface area contributed by atoms with Crippen LogP contribution in [0.1, 0.15) is 51.0 Å². The van der Waals surface area contributed by atoms with E-state index >= 15 is 0 Å². The molecule has 22 heavy (non-hydrogen) atoms. The van der Waals surface area contributed by atoms with E-state index in [1.54, 1.807) is 11.3 Å². The van der Waals surface area contributed by atoms with Gasteiger partial charge in [0, 0.05) is 32.6 Å². The molecular weight excluding hydrogens is 296 g/mol. The second-order valence-electron chi connectivity index (χ2n) is 6.58. The highest BCUT2D eigenvalue weighted by atomic mass is 32.1. The summed E-state index contributed by atoms with van der Waals surface area (Å²) in [7, 11) is 0. The Balaban J connectivity index is 1.71. The topological polar surface area (TPSA) is 49.3 Å². The molecule has 0 unspecified atom stereocenters. The molecular formula is C16H26N4OS. The van der Waals surface area contributed by atoms with E-state index in [9.17, 15) is 4.79 Å². The van der Waals surface area contributed by atoms with E-state index in [1.165, 1.54) is 0 Å². The van der Waals surface area contributed by atoms with Crippen molar-refractivity contribution in [1.29, 1.82) is 0 Å². The van der Waals surface area contributed by atoms with Crippen LogP contribution in [0, 0.1) is 5.41 Å². The largest absolute Gasteiger partial charge is 0.346 e. The van der Waals surface area contributed by atoms with Crippen LogP contribution in [0.2, 0.25) is 0 Å². The summed E-state index contributed by atoms with van der Waals surface area (Å²) in [6.07, 6.45) is 6.28. The lowest BCUT2D eigenvalue weighted by atomic mass is 9.78. The number of aryl methyl sites for hydroxylation is 1. The maximum Gasteiger partial charge on any atom is 0.230 e. The highest BCUT2D eigenvalue weighted by Gasteiger charge is 2.48. The van der Waals surface area contributed by atoms with Crippen LogP contribution in [0.4, 0.5) is 5.13 Å². The van der Waals surface area contributed by atoms with Crippen molar-refractivity contribution in [2.24, 2.45) is 5.41 Å². The Morgan fingerprint density at radius 1 is 1.18 bits per heavy atom. The molecule has 2 aliphatic rings. The first-order valence-corrected chi connectivity index (χ1v) is 9.37. The summed E-state index contributed by atoms with van der Waals surface area (Å²) < 4.78 is 0. The number of rotatable bonds is 5. The van der Waals surface area contributed by atoms with Gasteiger partial charge in [-0.3, -0.25) is 4.79 Å². The van der Waals surface area contributed by atoms with E-state index < -0.39 is 0 Å². The number of carbonyl (C=O) groups excluding carboxylic acids is 1. The number of hydrogen-bond acceptors (Lipinski definition) is 5. The van der Waals surface area contributed by atoms with Crippen molar-refractivity contribution in [3.05, 3.63) is 5.01 Å². The van der Waals surface area contributed by atoms with Crippen LogP contribution in [-0.4, -0.2) is 47.2 Å². The molecule has 0 aliphatic carbocycles. The van der Waals surface area contributed by atoms with Gasteiger partial charge in [-0.05, 0) is 32.1 Å². The van der Waals surface area contributed by atoms with Gasteiger partial charge in [0.15, 0.2) is 0 Å². The third-order valence-electron chi connectivity index (χ3n) is 4.86. The fraction of sp³-hybridized carbons (Fsp3) is 0.812. The minimum Gasteiger partial charge on any atom is -0.346 e. The fourth-order valence-corrected chi connectivity index (χ4v) is 4.70. The van der Waals surface area contributed by atoms with Crippen molar-refractivity contribution in [1.82, 2.24) is 15.1 Å². The van der Waals surface area contributed by atoms with Crippen molar-refractivity contribution in [2.75, 3.05) is 31.1 Å². The first kappa shape index (κ1) is 15.7. The lowest BCUT2D eigenvalue weighted by Crippen LogP contribution is -2.50. The highest BCUT2D eigenvalue weighted by Crippen LogP contribution is 2.42. The molecule has 1 atom stereocenters. The van der Waals surface area contributed by atoms with Gasteiger partial charge in [-0.25, -0.2) is 0 Å². The number of amides is 1. The summed E-state index contributed by atoms with van der Waals surface area (Å²) >= 11 is 1.69. The molecule has 1 aromatic heterocycles. The zero-order valence-corrected chi connectivity index (χ0v) is 14.5. The van der Waals surface area contributed by atoms with Gasteiger partial charge in [-0.1, -0.05) is 25.2 Å². The Labute approximate surface area is 136 Å². The van der Waals surface area contributed by atoms with Gasteiger partial charge < -0.3 is 9.80 Å². The van der Waals surface area contributed by atoms with Crippen LogP contribution in [0.15, 0.2) is 0 Å². The van der Waals surface area contributed by atoms with E-state index in [2.05, 4.69) is 33.8 Å². The Hall–Kier alpha value is -1.17. The first-order chi connectivity index (χ1) is 10.7. The molecule has 122 valence electrons. The van der Waals surface area contributed by atoms with Gasteiger partial charge in [-0.15, -0.1) is 10.2 Å². The molecule has 0 radical (unpaired) electrons. The summed E-state index contributed by atoms with van der Waals surface area (Å²) in [6.45, 7) is 7.91. The Morgan fingerprint density at radius 3 is 2.82 bits per heavy atom. The van der Waals surface area contributed by atoms with Gasteiger partial charge in [0.05, 0.1) is 5.41 Å². The van der Waals surface area contributed by atoms with E-state index in [0.29, 0.717) is 5.91 Å². The summed E-state index contributed by atoms with van der Waals surface area (Å²) in [4.78, 5) is 17.3. The minimum atomic E-state index is -0.163. The molecule has 3 heterocycles. The smallest absolute Gasteiger partial charge is 0.230 e. The molecule has 0 N–H and O–H groups in total. The van der Waals surface area contributed by atoms with Crippen LogP contribution in [0.5, 0.6) is 0 Å². The van der Waals surface area contributed by atoms with Crippen LogP contribution >= 0.6 is 11.3 Å². The molecule has 1 aromatic rings. The highest BCUT2D eigenvalue weighted by molar-refractivity contribution is 7.15. The van der Waals surface area contributed by atoms with Crippen molar-refractivity contribution >= 4 is 22.4 Å². The number of nitrogens with zero attached hydrogens (tertiary/aromatic N) is 4. The first-order valence-electron chi connectivity index (χ1n) is 8.55. The van der Waals surface area contributed by atoms with Crippen LogP contribution in [-0.2, 0) is 11.2 Å². The molecule has 2 saturated heterocycles. The number of likely N-dealkylation sites (tertiary alicyclic amines) is 1. The second kappa shape index (κ2) is 6.52. The molecule has 2 aliphatic heterocycles. The summed E-state index contributed by atoms with van der Waals surface area (Å²) in [6, 6.07) is 0. The maximum absolute atomic E-state index is 12.9. The van der Waals surface area contributed by atoms with Crippen LogP contribution < -0.4 is 4.90 Å². The number of aromatic nitrogens is 2. The molecule has 0 saturated carbocycles. The maximum atomic E-state index is 12.9. The Morgan fingerprint density at radius 2 is 2.05 bits per heavy atom.